The second kappa shape index (κ2) is 2.76. The highest BCUT2D eigenvalue weighted by molar-refractivity contribution is 4.99. The Balaban J connectivity index is 1.81. The van der Waals surface area contributed by atoms with Crippen LogP contribution in [-0.4, -0.2) is 6.10 Å². The average molecular weight is 178 g/mol. The van der Waals surface area contributed by atoms with E-state index in [4.69, 9.17) is 4.74 Å². The van der Waals surface area contributed by atoms with Gasteiger partial charge in [0.1, 0.15) is 6.10 Å². The summed E-state index contributed by atoms with van der Waals surface area (Å²) < 4.78 is 5.68. The summed E-state index contributed by atoms with van der Waals surface area (Å²) in [6.45, 7) is 3.69. The molecule has 0 spiro atoms. The molecule has 4 bridgehead atoms. The van der Waals surface area contributed by atoms with Gasteiger partial charge in [-0.05, 0) is 55.8 Å². The molecule has 0 unspecified atom stereocenters. The van der Waals surface area contributed by atoms with Gasteiger partial charge in [0.15, 0.2) is 0 Å². The van der Waals surface area contributed by atoms with E-state index in [9.17, 15) is 0 Å². The number of hydrogen-bond acceptors (Lipinski definition) is 1. The first-order valence-electron chi connectivity index (χ1n) is 5.63. The molecule has 1 nitrogen and oxygen atoms in total. The molecule has 0 aliphatic heterocycles. The van der Waals surface area contributed by atoms with Gasteiger partial charge in [0.05, 0.1) is 6.26 Å². The molecule has 0 radical (unpaired) electrons. The molecular weight excluding hydrogens is 160 g/mol. The normalized spacial score (nSPS) is 52.2. The van der Waals surface area contributed by atoms with Gasteiger partial charge in [0.25, 0.3) is 0 Å². The van der Waals surface area contributed by atoms with Crippen molar-refractivity contribution >= 4 is 0 Å². The van der Waals surface area contributed by atoms with Crippen LogP contribution in [-0.2, 0) is 4.74 Å². The molecule has 4 saturated carbocycles. The number of hydrogen-bond donors (Lipinski definition) is 0. The topological polar surface area (TPSA) is 9.23 Å². The van der Waals surface area contributed by atoms with Gasteiger partial charge in [-0.15, -0.1) is 0 Å². The molecule has 72 valence electrons. The third kappa shape index (κ3) is 1.13. The summed E-state index contributed by atoms with van der Waals surface area (Å²) in [4.78, 5) is 0. The molecule has 13 heavy (non-hydrogen) atoms. The number of ether oxygens (including phenoxy) is 1. The average Bonchev–Trinajstić information content (AvgIpc) is 2.10. The predicted molar refractivity (Wildman–Crippen MR) is 52.1 cm³/mol. The second-order valence-electron chi connectivity index (χ2n) is 5.20. The fraction of sp³-hybridized carbons (Fsp3) is 0.833. The fourth-order valence-electron chi connectivity index (χ4n) is 4.21. The maximum Gasteiger partial charge on any atom is 0.103 e. The van der Waals surface area contributed by atoms with Crippen molar-refractivity contribution in [1.82, 2.24) is 0 Å². The Bertz CT molecular complexity index is 193. The molecule has 4 aliphatic rings. The van der Waals surface area contributed by atoms with Gasteiger partial charge < -0.3 is 4.74 Å². The molecule has 0 aromatic heterocycles. The SMILES string of the molecule is C=COC1C2CC3CC(C2)CC1C3. The van der Waals surface area contributed by atoms with E-state index in [1.54, 1.807) is 6.26 Å². The molecule has 0 atom stereocenters. The number of rotatable bonds is 2. The third-order valence-electron chi connectivity index (χ3n) is 4.39. The van der Waals surface area contributed by atoms with Gasteiger partial charge in [-0.25, -0.2) is 0 Å². The zero-order valence-corrected chi connectivity index (χ0v) is 8.11. The van der Waals surface area contributed by atoms with E-state index in [-0.39, 0.29) is 0 Å². The van der Waals surface area contributed by atoms with Crippen LogP contribution < -0.4 is 0 Å². The Morgan fingerprint density at radius 3 is 1.92 bits per heavy atom. The molecule has 4 aliphatic carbocycles. The van der Waals surface area contributed by atoms with Crippen molar-refractivity contribution in [1.29, 1.82) is 0 Å². The Morgan fingerprint density at radius 1 is 0.923 bits per heavy atom. The highest BCUT2D eigenvalue weighted by Gasteiger charge is 2.48. The lowest BCUT2D eigenvalue weighted by Gasteiger charge is -2.53. The van der Waals surface area contributed by atoms with Crippen molar-refractivity contribution in [3.8, 4) is 0 Å². The lowest BCUT2D eigenvalue weighted by atomic mass is 9.55. The first-order valence-corrected chi connectivity index (χ1v) is 5.63. The van der Waals surface area contributed by atoms with Crippen LogP contribution in [0, 0.1) is 23.7 Å². The summed E-state index contributed by atoms with van der Waals surface area (Å²) in [6, 6.07) is 0. The van der Waals surface area contributed by atoms with E-state index in [0.29, 0.717) is 6.10 Å². The fourth-order valence-corrected chi connectivity index (χ4v) is 4.21. The summed E-state index contributed by atoms with van der Waals surface area (Å²) in [5.74, 6) is 3.84. The third-order valence-corrected chi connectivity index (χ3v) is 4.39. The molecule has 0 saturated heterocycles. The van der Waals surface area contributed by atoms with E-state index in [2.05, 4.69) is 6.58 Å². The molecule has 0 heterocycles. The van der Waals surface area contributed by atoms with Crippen molar-refractivity contribution in [2.75, 3.05) is 0 Å². The largest absolute Gasteiger partial charge is 0.498 e. The molecule has 0 aromatic carbocycles. The molecule has 1 heteroatoms. The van der Waals surface area contributed by atoms with Gasteiger partial charge in [0, 0.05) is 0 Å². The Hall–Kier alpha value is -0.460. The summed E-state index contributed by atoms with van der Waals surface area (Å²) in [7, 11) is 0. The maximum absolute atomic E-state index is 5.68. The highest BCUT2D eigenvalue weighted by atomic mass is 16.5. The van der Waals surface area contributed by atoms with Crippen LogP contribution in [0.15, 0.2) is 12.8 Å². The lowest BCUT2D eigenvalue weighted by Crippen LogP contribution is -2.48. The van der Waals surface area contributed by atoms with Crippen molar-refractivity contribution in [2.24, 2.45) is 23.7 Å². The minimum Gasteiger partial charge on any atom is -0.498 e. The van der Waals surface area contributed by atoms with Gasteiger partial charge in [-0.2, -0.15) is 0 Å². The summed E-state index contributed by atoms with van der Waals surface area (Å²) >= 11 is 0. The summed E-state index contributed by atoms with van der Waals surface area (Å²) in [5.41, 5.74) is 0. The first-order chi connectivity index (χ1) is 6.36. The van der Waals surface area contributed by atoms with Crippen LogP contribution >= 0.6 is 0 Å². The molecule has 4 fully saturated rings. The van der Waals surface area contributed by atoms with Gasteiger partial charge >= 0.3 is 0 Å². The second-order valence-corrected chi connectivity index (χ2v) is 5.20. The highest BCUT2D eigenvalue weighted by Crippen LogP contribution is 2.54. The van der Waals surface area contributed by atoms with Crippen LogP contribution in [0.5, 0.6) is 0 Å². The van der Waals surface area contributed by atoms with Crippen LogP contribution in [0.25, 0.3) is 0 Å². The molecule has 0 amide bonds. The molecule has 0 aromatic rings. The minimum atomic E-state index is 0.533. The van der Waals surface area contributed by atoms with E-state index >= 15 is 0 Å². The van der Waals surface area contributed by atoms with Gasteiger partial charge in [-0.1, -0.05) is 6.58 Å². The van der Waals surface area contributed by atoms with Crippen molar-refractivity contribution in [3.05, 3.63) is 12.8 Å². The van der Waals surface area contributed by atoms with Crippen LogP contribution in [0.4, 0.5) is 0 Å². The first kappa shape index (κ1) is 7.90. The lowest BCUT2D eigenvalue weighted by molar-refractivity contribution is -0.0970. The summed E-state index contributed by atoms with van der Waals surface area (Å²) in [6.07, 6.45) is 9.46. The zero-order chi connectivity index (χ0) is 8.84. The van der Waals surface area contributed by atoms with Crippen LogP contribution in [0.3, 0.4) is 0 Å². The van der Waals surface area contributed by atoms with Gasteiger partial charge in [0.2, 0.25) is 0 Å². The Kier molecular flexibility index (Phi) is 1.68. The maximum atomic E-state index is 5.68. The standard InChI is InChI=1S/C12H18O/c1-2-13-12-10-4-8-3-9(6-10)7-11(12)5-8/h2,8-12H,1,3-7H2. The molecule has 0 N–H and O–H groups in total. The smallest absolute Gasteiger partial charge is 0.103 e. The van der Waals surface area contributed by atoms with Crippen LogP contribution in [0.1, 0.15) is 32.1 Å². The molecule has 4 rings (SSSR count). The summed E-state index contributed by atoms with van der Waals surface area (Å²) in [5, 5.41) is 0. The van der Waals surface area contributed by atoms with Crippen molar-refractivity contribution in [2.45, 2.75) is 38.2 Å². The van der Waals surface area contributed by atoms with E-state index in [1.165, 1.54) is 32.1 Å². The quantitative estimate of drug-likeness (QED) is 0.591. The van der Waals surface area contributed by atoms with Crippen molar-refractivity contribution < 1.29 is 4.74 Å². The minimum absolute atomic E-state index is 0.533. The van der Waals surface area contributed by atoms with E-state index < -0.39 is 0 Å². The monoisotopic (exact) mass is 178 g/mol. The zero-order valence-electron chi connectivity index (χ0n) is 8.11. The van der Waals surface area contributed by atoms with Crippen molar-refractivity contribution in [3.63, 3.8) is 0 Å². The Labute approximate surface area is 80.2 Å². The Morgan fingerprint density at radius 2 is 1.46 bits per heavy atom. The molecular formula is C12H18O. The van der Waals surface area contributed by atoms with Gasteiger partial charge in [-0.3, -0.25) is 0 Å². The predicted octanol–water partition coefficient (Wildman–Crippen LogP) is 2.97. The van der Waals surface area contributed by atoms with E-state index in [1.807, 2.05) is 0 Å². The van der Waals surface area contributed by atoms with E-state index in [0.717, 1.165) is 23.7 Å². The van der Waals surface area contributed by atoms with Crippen LogP contribution in [0.2, 0.25) is 0 Å².